The van der Waals surface area contributed by atoms with Gasteiger partial charge in [-0.05, 0) is 44.7 Å². The van der Waals surface area contributed by atoms with Gasteiger partial charge in [0.15, 0.2) is 6.17 Å². The number of aryl methyl sites for hydroxylation is 1. The summed E-state index contributed by atoms with van der Waals surface area (Å²) in [6, 6.07) is 9.86. The van der Waals surface area contributed by atoms with Gasteiger partial charge in [-0.25, -0.2) is 4.39 Å². The average molecular weight is 353 g/mol. The maximum absolute atomic E-state index is 15.0. The highest BCUT2D eigenvalue weighted by Gasteiger charge is 2.33. The Hall–Kier alpha value is -2.24. The molecule has 0 spiro atoms. The number of halogens is 1. The number of pyridine rings is 1. The molecule has 26 heavy (non-hydrogen) atoms. The first-order valence-electron chi connectivity index (χ1n) is 8.94. The van der Waals surface area contributed by atoms with E-state index in [1.807, 2.05) is 40.8 Å². The third-order valence-electron chi connectivity index (χ3n) is 5.31. The summed E-state index contributed by atoms with van der Waals surface area (Å²) < 4.78 is 17.0. The lowest BCUT2D eigenvalue weighted by atomic mass is 9.97. The molecule has 0 saturated heterocycles. The summed E-state index contributed by atoms with van der Waals surface area (Å²) in [6.07, 6.45) is 2.28. The van der Waals surface area contributed by atoms with Gasteiger partial charge in [-0.3, -0.25) is 9.88 Å². The van der Waals surface area contributed by atoms with Crippen molar-refractivity contribution >= 4 is 10.9 Å². The maximum Gasteiger partial charge on any atom is 0.153 e. The molecule has 2 unspecified atom stereocenters. The highest BCUT2D eigenvalue weighted by molar-refractivity contribution is 5.86. The van der Waals surface area contributed by atoms with E-state index in [0.29, 0.717) is 12.2 Å². The van der Waals surface area contributed by atoms with Crippen LogP contribution in [0.15, 0.2) is 42.7 Å². The van der Waals surface area contributed by atoms with Crippen LogP contribution in [0.25, 0.3) is 10.9 Å². The number of aliphatic hydroxyl groups is 1. The molecule has 0 amide bonds. The number of rotatable bonds is 3. The minimum atomic E-state index is -1.14. The summed E-state index contributed by atoms with van der Waals surface area (Å²) in [5, 5.41) is 12.2. The average Bonchev–Trinajstić information content (AvgIpc) is 2.88. The second-order valence-corrected chi connectivity index (χ2v) is 7.65. The second-order valence-electron chi connectivity index (χ2n) is 7.65. The summed E-state index contributed by atoms with van der Waals surface area (Å²) in [7, 11) is 1.94. The summed E-state index contributed by atoms with van der Waals surface area (Å²) in [5.41, 5.74) is 3.45. The number of fused-ring (bicyclic) bond motifs is 3. The molecule has 1 aromatic carbocycles. The summed E-state index contributed by atoms with van der Waals surface area (Å²) in [5.74, 6) is 0. The van der Waals surface area contributed by atoms with E-state index in [0.717, 1.165) is 34.1 Å². The van der Waals surface area contributed by atoms with Gasteiger partial charge in [-0.1, -0.05) is 17.7 Å². The number of benzene rings is 1. The quantitative estimate of drug-likeness (QED) is 0.780. The van der Waals surface area contributed by atoms with Crippen molar-refractivity contribution in [2.45, 2.75) is 38.7 Å². The zero-order valence-electron chi connectivity index (χ0n) is 15.4. The SMILES string of the molecule is Cc1ccc2c(c1)c1c(n2CC(C)(O)c2cccnc2)C(F)CN(C)C1. The summed E-state index contributed by atoms with van der Waals surface area (Å²) in [4.78, 5) is 6.13. The number of likely N-dealkylation sites (N-methyl/N-ethyl adjacent to an activating group) is 1. The monoisotopic (exact) mass is 353 g/mol. The van der Waals surface area contributed by atoms with Crippen LogP contribution in [-0.2, 0) is 18.7 Å². The molecule has 5 heteroatoms. The Morgan fingerprint density at radius 2 is 2.15 bits per heavy atom. The Bertz CT molecular complexity index is 949. The van der Waals surface area contributed by atoms with Gasteiger partial charge in [0.2, 0.25) is 0 Å². The Balaban J connectivity index is 1.89. The minimum absolute atomic E-state index is 0.289. The van der Waals surface area contributed by atoms with E-state index in [-0.39, 0.29) is 6.54 Å². The van der Waals surface area contributed by atoms with E-state index < -0.39 is 11.8 Å². The van der Waals surface area contributed by atoms with E-state index in [9.17, 15) is 5.11 Å². The molecule has 0 fully saturated rings. The predicted octanol–water partition coefficient (Wildman–Crippen LogP) is 3.71. The number of nitrogens with zero attached hydrogens (tertiary/aromatic N) is 3. The van der Waals surface area contributed by atoms with Gasteiger partial charge in [0.05, 0.1) is 12.2 Å². The third kappa shape index (κ3) is 2.81. The fourth-order valence-corrected chi connectivity index (χ4v) is 4.03. The van der Waals surface area contributed by atoms with Gasteiger partial charge in [-0.15, -0.1) is 0 Å². The Morgan fingerprint density at radius 1 is 1.35 bits per heavy atom. The van der Waals surface area contributed by atoms with Crippen LogP contribution in [0.1, 0.15) is 35.5 Å². The van der Waals surface area contributed by atoms with Gasteiger partial charge in [0, 0.05) is 41.9 Å². The van der Waals surface area contributed by atoms with Crippen LogP contribution in [0.2, 0.25) is 0 Å². The van der Waals surface area contributed by atoms with Crippen LogP contribution in [0.3, 0.4) is 0 Å². The Morgan fingerprint density at radius 3 is 2.88 bits per heavy atom. The van der Waals surface area contributed by atoms with Crippen molar-refractivity contribution in [1.82, 2.24) is 14.5 Å². The van der Waals surface area contributed by atoms with Crippen LogP contribution >= 0.6 is 0 Å². The smallest absolute Gasteiger partial charge is 0.153 e. The molecule has 3 aromatic rings. The molecule has 4 rings (SSSR count). The molecule has 0 saturated carbocycles. The summed E-state index contributed by atoms with van der Waals surface area (Å²) >= 11 is 0. The highest BCUT2D eigenvalue weighted by atomic mass is 19.1. The van der Waals surface area contributed by atoms with E-state index in [1.54, 1.807) is 19.3 Å². The molecule has 0 aliphatic carbocycles. The van der Waals surface area contributed by atoms with Gasteiger partial charge in [-0.2, -0.15) is 0 Å². The van der Waals surface area contributed by atoms with E-state index in [2.05, 4.69) is 18.0 Å². The van der Waals surface area contributed by atoms with Crippen LogP contribution in [0, 0.1) is 6.92 Å². The fourth-order valence-electron chi connectivity index (χ4n) is 4.03. The molecular weight excluding hydrogens is 329 g/mol. The molecule has 0 bridgehead atoms. The molecule has 136 valence electrons. The number of alkyl halides is 1. The highest BCUT2D eigenvalue weighted by Crippen LogP contribution is 2.38. The molecule has 1 aliphatic rings. The lowest BCUT2D eigenvalue weighted by Gasteiger charge is -2.30. The van der Waals surface area contributed by atoms with Crippen molar-refractivity contribution in [2.24, 2.45) is 0 Å². The van der Waals surface area contributed by atoms with Crippen molar-refractivity contribution < 1.29 is 9.50 Å². The second kappa shape index (κ2) is 6.18. The number of hydrogen-bond donors (Lipinski definition) is 1. The zero-order chi connectivity index (χ0) is 18.5. The van der Waals surface area contributed by atoms with Gasteiger partial charge in [0.25, 0.3) is 0 Å². The number of aromatic nitrogens is 2. The third-order valence-corrected chi connectivity index (χ3v) is 5.31. The minimum Gasteiger partial charge on any atom is -0.384 e. The molecule has 0 radical (unpaired) electrons. The van der Waals surface area contributed by atoms with Crippen molar-refractivity contribution in [3.63, 3.8) is 0 Å². The van der Waals surface area contributed by atoms with Gasteiger partial charge >= 0.3 is 0 Å². The first kappa shape index (κ1) is 17.2. The fraction of sp³-hybridized carbons (Fsp3) is 0.381. The van der Waals surface area contributed by atoms with Crippen LogP contribution < -0.4 is 0 Å². The first-order valence-corrected chi connectivity index (χ1v) is 8.94. The summed E-state index contributed by atoms with van der Waals surface area (Å²) in [6.45, 7) is 5.19. The van der Waals surface area contributed by atoms with E-state index >= 15 is 4.39 Å². The molecular formula is C21H24FN3O. The van der Waals surface area contributed by atoms with Crippen molar-refractivity contribution in [1.29, 1.82) is 0 Å². The van der Waals surface area contributed by atoms with E-state index in [1.165, 1.54) is 0 Å². The lowest BCUT2D eigenvalue weighted by Crippen LogP contribution is -2.33. The van der Waals surface area contributed by atoms with Gasteiger partial charge < -0.3 is 9.67 Å². The van der Waals surface area contributed by atoms with Crippen LogP contribution in [0.4, 0.5) is 4.39 Å². The van der Waals surface area contributed by atoms with Crippen LogP contribution in [0.5, 0.6) is 0 Å². The lowest BCUT2D eigenvalue weighted by molar-refractivity contribution is 0.0365. The molecule has 1 aliphatic heterocycles. The largest absolute Gasteiger partial charge is 0.384 e. The number of hydrogen-bond acceptors (Lipinski definition) is 3. The Kier molecular flexibility index (Phi) is 4.09. The maximum atomic E-state index is 15.0. The van der Waals surface area contributed by atoms with E-state index in [4.69, 9.17) is 0 Å². The molecule has 2 atom stereocenters. The van der Waals surface area contributed by atoms with Crippen molar-refractivity contribution in [3.05, 3.63) is 65.1 Å². The first-order chi connectivity index (χ1) is 12.4. The topological polar surface area (TPSA) is 41.3 Å². The molecule has 1 N–H and O–H groups in total. The van der Waals surface area contributed by atoms with Gasteiger partial charge in [0.1, 0.15) is 5.60 Å². The standard InChI is InChI=1S/C21H24FN3O/c1-14-6-7-19-16(9-14)17-11-24(3)12-18(22)20(17)25(19)13-21(2,26)15-5-4-8-23-10-15/h4-10,18,26H,11-13H2,1-3H3. The predicted molar refractivity (Wildman–Crippen MR) is 101 cm³/mol. The normalized spacial score (nSPS) is 20.1. The molecule has 4 nitrogen and oxygen atoms in total. The molecule has 2 aromatic heterocycles. The van der Waals surface area contributed by atoms with Crippen LogP contribution in [-0.4, -0.2) is 33.1 Å². The Labute approximate surface area is 152 Å². The molecule has 3 heterocycles. The zero-order valence-corrected chi connectivity index (χ0v) is 15.4. The van der Waals surface area contributed by atoms with Crippen molar-refractivity contribution in [2.75, 3.05) is 13.6 Å². The van der Waals surface area contributed by atoms with Crippen molar-refractivity contribution in [3.8, 4) is 0 Å².